The van der Waals surface area contributed by atoms with Crippen LogP contribution in [0.3, 0.4) is 0 Å². The third-order valence-corrected chi connectivity index (χ3v) is 2.31. The van der Waals surface area contributed by atoms with Crippen LogP contribution in [0.4, 0.5) is 5.69 Å². The van der Waals surface area contributed by atoms with Gasteiger partial charge in [0.2, 0.25) is 0 Å². The van der Waals surface area contributed by atoms with Crippen molar-refractivity contribution in [1.29, 1.82) is 5.26 Å². The average molecular weight is 242 g/mol. The molecule has 1 aromatic rings. The van der Waals surface area contributed by atoms with Gasteiger partial charge in [0, 0.05) is 12.2 Å². The topological polar surface area (TPSA) is 64.3 Å². The SMILES string of the molecule is C=CCN(C(=O)/C(C#N)=C(/C)O)c1ccccc1. The summed E-state index contributed by atoms with van der Waals surface area (Å²) in [6, 6.07) is 10.6. The van der Waals surface area contributed by atoms with Crippen LogP contribution in [-0.4, -0.2) is 17.6 Å². The van der Waals surface area contributed by atoms with Crippen molar-refractivity contribution in [2.45, 2.75) is 6.92 Å². The van der Waals surface area contributed by atoms with Gasteiger partial charge in [0.15, 0.2) is 5.57 Å². The maximum Gasteiger partial charge on any atom is 0.272 e. The van der Waals surface area contributed by atoms with Crippen LogP contribution in [0.1, 0.15) is 6.92 Å². The Morgan fingerprint density at radius 2 is 2.11 bits per heavy atom. The highest BCUT2D eigenvalue weighted by atomic mass is 16.3. The third-order valence-electron chi connectivity index (χ3n) is 2.31. The molecular weight excluding hydrogens is 228 g/mol. The molecule has 0 saturated heterocycles. The fourth-order valence-corrected chi connectivity index (χ4v) is 1.46. The number of carbonyl (C=O) groups is 1. The molecule has 1 amide bonds. The first-order valence-corrected chi connectivity index (χ1v) is 5.39. The Kier molecular flexibility index (Phi) is 4.70. The molecule has 0 aliphatic heterocycles. The maximum atomic E-state index is 12.1. The first-order valence-electron chi connectivity index (χ1n) is 5.39. The second-order valence-corrected chi connectivity index (χ2v) is 3.61. The van der Waals surface area contributed by atoms with E-state index < -0.39 is 5.91 Å². The van der Waals surface area contributed by atoms with Crippen LogP contribution in [0.25, 0.3) is 0 Å². The molecule has 0 bridgehead atoms. The quantitative estimate of drug-likeness (QED) is 0.382. The van der Waals surface area contributed by atoms with Crippen molar-refractivity contribution in [1.82, 2.24) is 0 Å². The van der Waals surface area contributed by atoms with E-state index in [0.29, 0.717) is 5.69 Å². The van der Waals surface area contributed by atoms with Crippen molar-refractivity contribution in [3.05, 3.63) is 54.3 Å². The summed E-state index contributed by atoms with van der Waals surface area (Å²) in [4.78, 5) is 13.5. The Morgan fingerprint density at radius 1 is 1.50 bits per heavy atom. The number of hydrogen-bond donors (Lipinski definition) is 1. The lowest BCUT2D eigenvalue weighted by Crippen LogP contribution is -2.32. The van der Waals surface area contributed by atoms with Crippen LogP contribution in [0.5, 0.6) is 0 Å². The van der Waals surface area contributed by atoms with E-state index in [-0.39, 0.29) is 17.9 Å². The van der Waals surface area contributed by atoms with Crippen molar-refractivity contribution in [3.8, 4) is 6.07 Å². The number of hydrogen-bond acceptors (Lipinski definition) is 3. The molecule has 0 radical (unpaired) electrons. The lowest BCUT2D eigenvalue weighted by Gasteiger charge is -2.20. The molecule has 0 aliphatic rings. The lowest BCUT2D eigenvalue weighted by atomic mass is 10.2. The van der Waals surface area contributed by atoms with Crippen molar-refractivity contribution in [3.63, 3.8) is 0 Å². The monoisotopic (exact) mass is 242 g/mol. The number of anilines is 1. The van der Waals surface area contributed by atoms with Crippen LogP contribution < -0.4 is 4.90 Å². The van der Waals surface area contributed by atoms with Gasteiger partial charge in [-0.1, -0.05) is 24.3 Å². The van der Waals surface area contributed by atoms with Gasteiger partial charge in [-0.3, -0.25) is 4.79 Å². The molecule has 1 aromatic carbocycles. The number of para-hydroxylation sites is 1. The van der Waals surface area contributed by atoms with E-state index in [1.54, 1.807) is 36.4 Å². The Balaban J connectivity index is 3.16. The largest absolute Gasteiger partial charge is 0.511 e. The molecule has 0 aliphatic carbocycles. The average Bonchev–Trinajstić information content (AvgIpc) is 2.37. The number of nitriles is 1. The van der Waals surface area contributed by atoms with E-state index in [9.17, 15) is 9.90 Å². The molecule has 0 heterocycles. The van der Waals surface area contributed by atoms with Crippen LogP contribution in [0, 0.1) is 11.3 Å². The van der Waals surface area contributed by atoms with E-state index in [0.717, 1.165) is 0 Å². The number of aliphatic hydroxyl groups excluding tert-OH is 1. The lowest BCUT2D eigenvalue weighted by molar-refractivity contribution is -0.114. The third kappa shape index (κ3) is 2.98. The molecule has 1 rings (SSSR count). The van der Waals surface area contributed by atoms with Crippen molar-refractivity contribution in [2.24, 2.45) is 0 Å². The highest BCUT2D eigenvalue weighted by Crippen LogP contribution is 2.17. The fourth-order valence-electron chi connectivity index (χ4n) is 1.46. The van der Waals surface area contributed by atoms with E-state index in [4.69, 9.17) is 5.26 Å². The number of rotatable bonds is 4. The maximum absolute atomic E-state index is 12.1. The number of amides is 1. The molecule has 4 heteroatoms. The summed E-state index contributed by atoms with van der Waals surface area (Å²) in [6.45, 7) is 5.16. The van der Waals surface area contributed by atoms with Crippen LogP contribution in [-0.2, 0) is 4.79 Å². The number of aliphatic hydroxyl groups is 1. The van der Waals surface area contributed by atoms with E-state index in [2.05, 4.69) is 6.58 Å². The predicted octanol–water partition coefficient (Wildman–Crippen LogP) is 2.56. The van der Waals surface area contributed by atoms with Gasteiger partial charge in [0.1, 0.15) is 11.8 Å². The summed E-state index contributed by atoms with van der Waals surface area (Å²) >= 11 is 0. The number of benzene rings is 1. The van der Waals surface area contributed by atoms with Crippen LogP contribution >= 0.6 is 0 Å². The minimum absolute atomic E-state index is 0.263. The van der Waals surface area contributed by atoms with Gasteiger partial charge < -0.3 is 10.0 Å². The zero-order chi connectivity index (χ0) is 13.5. The van der Waals surface area contributed by atoms with Gasteiger partial charge in [-0.2, -0.15) is 5.26 Å². The normalized spacial score (nSPS) is 11.1. The minimum Gasteiger partial charge on any atom is -0.511 e. The molecule has 0 unspecified atom stereocenters. The Labute approximate surface area is 106 Å². The van der Waals surface area contributed by atoms with Gasteiger partial charge >= 0.3 is 0 Å². The molecule has 1 N–H and O–H groups in total. The number of allylic oxidation sites excluding steroid dienone is 1. The smallest absolute Gasteiger partial charge is 0.272 e. The molecule has 0 saturated carbocycles. The van der Waals surface area contributed by atoms with Gasteiger partial charge in [0.25, 0.3) is 5.91 Å². The summed E-state index contributed by atoms with van der Waals surface area (Å²) in [7, 11) is 0. The van der Waals surface area contributed by atoms with Gasteiger partial charge in [-0.25, -0.2) is 0 Å². The molecule has 4 nitrogen and oxygen atoms in total. The van der Waals surface area contributed by atoms with Gasteiger partial charge in [-0.05, 0) is 19.1 Å². The summed E-state index contributed by atoms with van der Waals surface area (Å²) in [5, 5.41) is 18.2. The van der Waals surface area contributed by atoms with Crippen molar-refractivity contribution >= 4 is 11.6 Å². The standard InChI is InChI=1S/C14H14N2O2/c1-3-9-16(12-7-5-4-6-8-12)14(18)13(10-15)11(2)17/h3-8,17H,1,9H2,2H3/b13-11-. The number of nitrogens with zero attached hydrogens (tertiary/aromatic N) is 2. The molecule has 0 fully saturated rings. The van der Waals surface area contributed by atoms with E-state index >= 15 is 0 Å². The van der Waals surface area contributed by atoms with E-state index in [1.807, 2.05) is 6.07 Å². The summed E-state index contributed by atoms with van der Waals surface area (Å²) in [5.41, 5.74) is 0.386. The second-order valence-electron chi connectivity index (χ2n) is 3.61. The first kappa shape index (κ1) is 13.5. The zero-order valence-electron chi connectivity index (χ0n) is 10.1. The highest BCUT2D eigenvalue weighted by molar-refractivity contribution is 6.08. The molecule has 0 aromatic heterocycles. The van der Waals surface area contributed by atoms with E-state index in [1.165, 1.54) is 11.8 Å². The molecule has 0 atom stereocenters. The summed E-state index contributed by atoms with van der Waals surface area (Å²) in [6.07, 6.45) is 1.56. The van der Waals surface area contributed by atoms with Gasteiger partial charge in [-0.15, -0.1) is 6.58 Å². The fraction of sp³-hybridized carbons (Fsp3) is 0.143. The Hall–Kier alpha value is -2.54. The zero-order valence-corrected chi connectivity index (χ0v) is 10.1. The molecule has 0 spiro atoms. The first-order chi connectivity index (χ1) is 8.61. The molecule has 18 heavy (non-hydrogen) atoms. The van der Waals surface area contributed by atoms with Crippen molar-refractivity contribution < 1.29 is 9.90 Å². The highest BCUT2D eigenvalue weighted by Gasteiger charge is 2.20. The predicted molar refractivity (Wildman–Crippen MR) is 69.9 cm³/mol. The minimum atomic E-state index is -0.538. The van der Waals surface area contributed by atoms with Crippen LogP contribution in [0.15, 0.2) is 54.3 Å². The summed E-state index contributed by atoms with van der Waals surface area (Å²) < 4.78 is 0. The Bertz CT molecular complexity index is 508. The summed E-state index contributed by atoms with van der Waals surface area (Å²) in [5.74, 6) is -0.823. The Morgan fingerprint density at radius 3 is 2.56 bits per heavy atom. The molecular formula is C14H14N2O2. The number of carbonyl (C=O) groups excluding carboxylic acids is 1. The van der Waals surface area contributed by atoms with Crippen molar-refractivity contribution in [2.75, 3.05) is 11.4 Å². The van der Waals surface area contributed by atoms with Crippen LogP contribution in [0.2, 0.25) is 0 Å². The second kappa shape index (κ2) is 6.26. The molecule has 92 valence electrons. The van der Waals surface area contributed by atoms with Gasteiger partial charge in [0.05, 0.1) is 0 Å².